The lowest BCUT2D eigenvalue weighted by Gasteiger charge is -2.33. The van der Waals surface area contributed by atoms with Crippen LogP contribution in [0.5, 0.6) is 0 Å². The van der Waals surface area contributed by atoms with Crippen molar-refractivity contribution in [1.82, 2.24) is 20.4 Å². The van der Waals surface area contributed by atoms with Crippen molar-refractivity contribution >= 4 is 23.2 Å². The number of hydrogen-bond donors (Lipinski definition) is 1. The quantitative estimate of drug-likeness (QED) is 0.714. The lowest BCUT2D eigenvalue weighted by Crippen LogP contribution is -2.38. The summed E-state index contributed by atoms with van der Waals surface area (Å²) < 4.78 is 5.46. The molecule has 1 fully saturated rings. The molecular weight excluding hydrogens is 376 g/mol. The van der Waals surface area contributed by atoms with Gasteiger partial charge in [0.15, 0.2) is 11.5 Å². The van der Waals surface area contributed by atoms with Crippen LogP contribution in [0.2, 0.25) is 0 Å². The average molecular weight is 396 g/mol. The van der Waals surface area contributed by atoms with Crippen molar-refractivity contribution in [3.63, 3.8) is 0 Å². The van der Waals surface area contributed by atoms with Gasteiger partial charge in [-0.05, 0) is 42.3 Å². The number of aromatic nitrogens is 2. The second-order valence-electron chi connectivity index (χ2n) is 6.65. The molecule has 4 heterocycles. The molecule has 3 aromatic rings. The molecule has 0 radical (unpaired) electrons. The highest BCUT2D eigenvalue weighted by atomic mass is 32.1. The van der Waals surface area contributed by atoms with Gasteiger partial charge in [-0.25, -0.2) is 0 Å². The molecule has 2 amide bonds. The van der Waals surface area contributed by atoms with Crippen LogP contribution in [-0.4, -0.2) is 33.4 Å². The molecule has 7 nitrogen and oxygen atoms in total. The molecular formula is C20H20N4O3S. The van der Waals surface area contributed by atoms with Gasteiger partial charge in [-0.2, -0.15) is 0 Å². The Morgan fingerprint density at radius 2 is 2.21 bits per heavy atom. The molecule has 8 heteroatoms. The Hall–Kier alpha value is -3.00. The highest BCUT2D eigenvalue weighted by Crippen LogP contribution is 2.33. The van der Waals surface area contributed by atoms with Crippen molar-refractivity contribution in [1.29, 1.82) is 0 Å². The number of hydrogen-bond acceptors (Lipinski definition) is 6. The van der Waals surface area contributed by atoms with Crippen molar-refractivity contribution in [2.24, 2.45) is 0 Å². The number of pyridine rings is 1. The van der Waals surface area contributed by atoms with Crippen LogP contribution in [-0.2, 0) is 6.54 Å². The molecule has 0 aromatic carbocycles. The third kappa shape index (κ3) is 3.96. The Labute approximate surface area is 166 Å². The molecule has 1 N–H and O–H groups in total. The normalized spacial score (nSPS) is 16.7. The number of likely N-dealkylation sites (tertiary alicyclic amines) is 1. The van der Waals surface area contributed by atoms with Gasteiger partial charge in [0.2, 0.25) is 0 Å². The third-order valence-electron chi connectivity index (χ3n) is 4.76. The summed E-state index contributed by atoms with van der Waals surface area (Å²) in [6, 6.07) is 8.85. The zero-order chi connectivity index (χ0) is 19.3. The van der Waals surface area contributed by atoms with Crippen LogP contribution in [0.25, 0.3) is 0 Å². The number of carbonyl (C=O) groups excluding carboxylic acids is 2. The number of carbonyl (C=O) groups is 2. The minimum absolute atomic E-state index is 0.00122. The molecule has 0 bridgehead atoms. The molecule has 0 aliphatic carbocycles. The third-order valence-corrected chi connectivity index (χ3v) is 5.62. The van der Waals surface area contributed by atoms with Gasteiger partial charge in [0.25, 0.3) is 11.8 Å². The van der Waals surface area contributed by atoms with Gasteiger partial charge in [-0.3, -0.25) is 14.6 Å². The molecule has 1 saturated heterocycles. The van der Waals surface area contributed by atoms with Crippen LogP contribution >= 0.6 is 11.3 Å². The zero-order valence-corrected chi connectivity index (χ0v) is 16.0. The molecule has 3 aromatic heterocycles. The highest BCUT2D eigenvalue weighted by Gasteiger charge is 2.32. The van der Waals surface area contributed by atoms with Crippen molar-refractivity contribution < 1.29 is 14.1 Å². The Bertz CT molecular complexity index is 940. The lowest BCUT2D eigenvalue weighted by molar-refractivity contribution is 0.0574. The zero-order valence-electron chi connectivity index (χ0n) is 15.2. The van der Waals surface area contributed by atoms with E-state index in [2.05, 4.69) is 15.5 Å². The predicted molar refractivity (Wildman–Crippen MR) is 104 cm³/mol. The monoisotopic (exact) mass is 396 g/mol. The average Bonchev–Trinajstić information content (AvgIpc) is 3.44. The van der Waals surface area contributed by atoms with Crippen LogP contribution < -0.4 is 5.32 Å². The van der Waals surface area contributed by atoms with Crippen LogP contribution in [0.4, 0.5) is 0 Å². The standard InChI is InChI=1S/C20H20N4O3S/c25-19(22-13-14-5-3-8-21-12-14)15-11-17(27-23-15)16-6-1-2-9-24(16)20(26)18-7-4-10-28-18/h3-5,7-8,10-12,16H,1-2,6,9,13H2,(H,22,25). The molecule has 1 atom stereocenters. The number of thiophene rings is 1. The van der Waals surface area contributed by atoms with E-state index < -0.39 is 0 Å². The summed E-state index contributed by atoms with van der Waals surface area (Å²) in [6.07, 6.45) is 6.14. The van der Waals surface area contributed by atoms with Gasteiger partial charge >= 0.3 is 0 Å². The van der Waals surface area contributed by atoms with Crippen LogP contribution in [0.1, 0.15) is 56.8 Å². The number of amides is 2. The fourth-order valence-electron chi connectivity index (χ4n) is 3.34. The fourth-order valence-corrected chi connectivity index (χ4v) is 4.02. The Morgan fingerprint density at radius 3 is 3.00 bits per heavy atom. The summed E-state index contributed by atoms with van der Waals surface area (Å²) in [5.41, 5.74) is 1.12. The first-order valence-corrected chi connectivity index (χ1v) is 10.1. The van der Waals surface area contributed by atoms with E-state index in [1.54, 1.807) is 18.5 Å². The van der Waals surface area contributed by atoms with E-state index in [9.17, 15) is 9.59 Å². The molecule has 144 valence electrons. The minimum atomic E-state index is -0.314. The van der Waals surface area contributed by atoms with Crippen molar-refractivity contribution in [3.05, 3.63) is 70.0 Å². The topological polar surface area (TPSA) is 88.3 Å². The Kier molecular flexibility index (Phi) is 5.48. The van der Waals surface area contributed by atoms with Crippen LogP contribution in [0.15, 0.2) is 52.6 Å². The van der Waals surface area contributed by atoms with Crippen molar-refractivity contribution in [2.75, 3.05) is 6.54 Å². The number of nitrogens with zero attached hydrogens (tertiary/aromatic N) is 3. The van der Waals surface area contributed by atoms with Gasteiger partial charge in [-0.1, -0.05) is 17.3 Å². The van der Waals surface area contributed by atoms with Crippen molar-refractivity contribution in [2.45, 2.75) is 31.8 Å². The second kappa shape index (κ2) is 8.35. The largest absolute Gasteiger partial charge is 0.358 e. The van der Waals surface area contributed by atoms with Crippen LogP contribution in [0.3, 0.4) is 0 Å². The molecule has 1 aliphatic rings. The van der Waals surface area contributed by atoms with Gasteiger partial charge in [0, 0.05) is 31.5 Å². The summed E-state index contributed by atoms with van der Waals surface area (Å²) >= 11 is 1.43. The first kappa shape index (κ1) is 18.4. The first-order valence-electron chi connectivity index (χ1n) is 9.20. The summed E-state index contributed by atoms with van der Waals surface area (Å²) in [4.78, 5) is 31.8. The lowest BCUT2D eigenvalue weighted by atomic mass is 9.99. The van der Waals surface area contributed by atoms with Gasteiger partial charge in [0.1, 0.15) is 0 Å². The number of rotatable bonds is 5. The van der Waals surface area contributed by atoms with E-state index in [1.807, 2.05) is 34.5 Å². The Balaban J connectivity index is 1.46. The fraction of sp³-hybridized carbons (Fsp3) is 0.300. The summed E-state index contributed by atoms with van der Waals surface area (Å²) in [7, 11) is 0. The molecule has 4 rings (SSSR count). The number of nitrogens with one attached hydrogen (secondary N) is 1. The highest BCUT2D eigenvalue weighted by molar-refractivity contribution is 7.12. The second-order valence-corrected chi connectivity index (χ2v) is 7.59. The van der Waals surface area contributed by atoms with Gasteiger partial charge in [-0.15, -0.1) is 11.3 Å². The van der Waals surface area contributed by atoms with E-state index in [4.69, 9.17) is 4.52 Å². The number of piperidine rings is 1. The maximum atomic E-state index is 12.8. The minimum Gasteiger partial charge on any atom is -0.358 e. The van der Waals surface area contributed by atoms with E-state index in [-0.39, 0.29) is 23.6 Å². The van der Waals surface area contributed by atoms with Gasteiger partial charge in [0.05, 0.1) is 10.9 Å². The predicted octanol–water partition coefficient (Wildman–Crippen LogP) is 3.43. The summed E-state index contributed by atoms with van der Waals surface area (Å²) in [5, 5.41) is 8.62. The van der Waals surface area contributed by atoms with E-state index in [0.29, 0.717) is 23.7 Å². The van der Waals surface area contributed by atoms with Gasteiger partial charge < -0.3 is 14.7 Å². The first-order chi connectivity index (χ1) is 13.7. The van der Waals surface area contributed by atoms with Crippen molar-refractivity contribution in [3.8, 4) is 0 Å². The van der Waals surface area contributed by atoms with Crippen LogP contribution in [0, 0.1) is 0 Å². The SMILES string of the molecule is O=C(NCc1cccnc1)c1cc(C2CCCCN2C(=O)c2cccs2)on1. The Morgan fingerprint density at radius 1 is 1.29 bits per heavy atom. The maximum absolute atomic E-state index is 12.8. The molecule has 1 unspecified atom stereocenters. The summed E-state index contributed by atoms with van der Waals surface area (Å²) in [6.45, 7) is 1.03. The maximum Gasteiger partial charge on any atom is 0.273 e. The molecule has 0 spiro atoms. The van der Waals surface area contributed by atoms with E-state index in [1.165, 1.54) is 11.3 Å². The molecule has 28 heavy (non-hydrogen) atoms. The molecule has 1 aliphatic heterocycles. The summed E-state index contributed by atoms with van der Waals surface area (Å²) in [5.74, 6) is 0.237. The van der Waals surface area contributed by atoms with E-state index in [0.717, 1.165) is 24.8 Å². The van der Waals surface area contributed by atoms with E-state index >= 15 is 0 Å². The smallest absolute Gasteiger partial charge is 0.273 e. The molecule has 0 saturated carbocycles.